The Labute approximate surface area is 264 Å². The van der Waals surface area contributed by atoms with Gasteiger partial charge in [-0.1, -0.05) is 98.1 Å². The topological polar surface area (TPSA) is 52.6 Å². The van der Waals surface area contributed by atoms with Crippen LogP contribution >= 0.6 is 0 Å². The van der Waals surface area contributed by atoms with E-state index in [0.29, 0.717) is 0 Å². The van der Waals surface area contributed by atoms with Crippen molar-refractivity contribution < 1.29 is 0 Å². The molecule has 6 rings (SSSR count). The summed E-state index contributed by atoms with van der Waals surface area (Å²) in [6, 6.07) is 36.9. The molecular weight excluding hydrogens is 546 g/mol. The summed E-state index contributed by atoms with van der Waals surface area (Å²) in [6.45, 7) is 12.2. The second-order valence-electron chi connectivity index (χ2n) is 11.2. The Kier molecular flexibility index (Phi) is 8.09. The maximum Gasteiger partial charge on any atom is 0.0619 e. The van der Waals surface area contributed by atoms with Crippen LogP contribution in [0.5, 0.6) is 0 Å². The summed E-state index contributed by atoms with van der Waals surface area (Å²) in [5, 5.41) is 19.7. The zero-order valence-electron chi connectivity index (χ0n) is 25.6. The number of nitrogens with one attached hydrogen (secondary N) is 2. The molecule has 0 fully saturated rings. The molecule has 0 radical (unpaired) electrons. The molecule has 0 saturated carbocycles. The van der Waals surface area contributed by atoms with Crippen LogP contribution in [0, 0.1) is 10.8 Å². The van der Waals surface area contributed by atoms with Crippen LogP contribution in [0.3, 0.4) is 0 Å². The molecule has 45 heavy (non-hydrogen) atoms. The summed E-state index contributed by atoms with van der Waals surface area (Å²) in [5.41, 5.74) is 11.8. The molecule has 0 spiro atoms. The Morgan fingerprint density at radius 1 is 0.689 bits per heavy atom. The van der Waals surface area contributed by atoms with E-state index in [0.717, 1.165) is 55.8 Å². The summed E-state index contributed by atoms with van der Waals surface area (Å²) in [7, 11) is 0. The molecule has 3 nitrogen and oxygen atoms in total. The summed E-state index contributed by atoms with van der Waals surface area (Å²) < 4.78 is 2.39. The van der Waals surface area contributed by atoms with E-state index in [4.69, 9.17) is 10.8 Å². The van der Waals surface area contributed by atoms with Gasteiger partial charge in [0.15, 0.2) is 0 Å². The van der Waals surface area contributed by atoms with Gasteiger partial charge in [-0.15, -0.1) is 0 Å². The standard InChI is InChI=1S/C42H35N3/c1-5-31(21-23-44)33-10-9-11-34(25-33)35-15-17-38-36(26-35)16-19-40-39-18-14-32(30(4)24-29(3)28(2)20-22-43)27-41(39)45(42(38)40)37-12-7-6-8-13-37/h5-27,43-44H,1,3H2,2,4H3/b28-20+,30-24+,31-21+,43-22?,44-23?. The first-order valence-electron chi connectivity index (χ1n) is 15.0. The molecule has 0 amide bonds. The molecule has 6 aromatic rings. The SMILES string of the molecule is C=C/C(=C\C=N)c1cccc(-c2ccc3c(ccc4c5ccc(/C(C)=C/C(=C)/C(C)=C/C=N)cc5n(-c5ccccc5)c34)c2)c1. The van der Waals surface area contributed by atoms with Crippen molar-refractivity contribution in [1.29, 1.82) is 10.8 Å². The van der Waals surface area contributed by atoms with Crippen molar-refractivity contribution in [3.63, 3.8) is 0 Å². The third-order valence-corrected chi connectivity index (χ3v) is 8.46. The number of hydrogen-bond acceptors (Lipinski definition) is 2. The normalized spacial score (nSPS) is 12.5. The van der Waals surface area contributed by atoms with Crippen molar-refractivity contribution >= 4 is 56.2 Å². The Morgan fingerprint density at radius 2 is 1.42 bits per heavy atom. The maximum absolute atomic E-state index is 7.50. The van der Waals surface area contributed by atoms with Crippen LogP contribution < -0.4 is 0 Å². The number of para-hydroxylation sites is 1. The Balaban J connectivity index is 1.55. The number of allylic oxidation sites excluding steroid dienone is 8. The molecule has 0 saturated heterocycles. The largest absolute Gasteiger partial charge is 0.309 e. The highest BCUT2D eigenvalue weighted by Gasteiger charge is 2.16. The van der Waals surface area contributed by atoms with E-state index in [-0.39, 0.29) is 0 Å². The van der Waals surface area contributed by atoms with Crippen LogP contribution in [0.4, 0.5) is 0 Å². The van der Waals surface area contributed by atoms with Gasteiger partial charge in [-0.3, -0.25) is 0 Å². The van der Waals surface area contributed by atoms with Crippen molar-refractivity contribution in [1.82, 2.24) is 4.57 Å². The first-order chi connectivity index (χ1) is 21.9. The fourth-order valence-electron chi connectivity index (χ4n) is 6.05. The van der Waals surface area contributed by atoms with Gasteiger partial charge >= 0.3 is 0 Å². The highest BCUT2D eigenvalue weighted by molar-refractivity contribution is 6.19. The number of aromatic nitrogens is 1. The van der Waals surface area contributed by atoms with Gasteiger partial charge in [0, 0.05) is 34.3 Å². The number of nitrogens with zero attached hydrogens (tertiary/aromatic N) is 1. The van der Waals surface area contributed by atoms with E-state index in [9.17, 15) is 0 Å². The van der Waals surface area contributed by atoms with E-state index in [1.807, 2.05) is 6.92 Å². The van der Waals surface area contributed by atoms with Gasteiger partial charge in [-0.2, -0.15) is 0 Å². The predicted octanol–water partition coefficient (Wildman–Crippen LogP) is 11.4. The van der Waals surface area contributed by atoms with Crippen molar-refractivity contribution in [2.75, 3.05) is 0 Å². The lowest BCUT2D eigenvalue weighted by Crippen LogP contribution is -1.95. The van der Waals surface area contributed by atoms with Crippen LogP contribution in [0.25, 0.3) is 60.5 Å². The quantitative estimate of drug-likeness (QED) is 0.126. The van der Waals surface area contributed by atoms with Gasteiger partial charge in [-0.05, 0) is 106 Å². The monoisotopic (exact) mass is 581 g/mol. The zero-order valence-corrected chi connectivity index (χ0v) is 25.6. The fraction of sp³-hybridized carbons (Fsp3) is 0.0476. The van der Waals surface area contributed by atoms with Crippen LogP contribution in [0.15, 0.2) is 152 Å². The highest BCUT2D eigenvalue weighted by Crippen LogP contribution is 2.39. The van der Waals surface area contributed by atoms with Gasteiger partial charge in [-0.25, -0.2) is 0 Å². The van der Waals surface area contributed by atoms with Crippen molar-refractivity contribution in [3.05, 3.63) is 163 Å². The minimum Gasteiger partial charge on any atom is -0.309 e. The molecule has 0 unspecified atom stereocenters. The summed E-state index contributed by atoms with van der Waals surface area (Å²) in [6.07, 6.45) is 10.0. The van der Waals surface area contributed by atoms with Crippen LogP contribution in [-0.4, -0.2) is 17.0 Å². The zero-order chi connectivity index (χ0) is 31.5. The third kappa shape index (κ3) is 5.52. The average Bonchev–Trinajstić information content (AvgIpc) is 3.41. The lowest BCUT2D eigenvalue weighted by Gasteiger charge is -2.12. The minimum absolute atomic E-state index is 0.901. The van der Waals surface area contributed by atoms with Crippen LogP contribution in [0.2, 0.25) is 0 Å². The first kappa shape index (κ1) is 29.3. The average molecular weight is 582 g/mol. The third-order valence-electron chi connectivity index (χ3n) is 8.46. The molecule has 1 aromatic heterocycles. The highest BCUT2D eigenvalue weighted by atomic mass is 15.0. The second kappa shape index (κ2) is 12.4. The molecule has 0 bridgehead atoms. The van der Waals surface area contributed by atoms with Crippen LogP contribution in [-0.2, 0) is 0 Å². The molecule has 3 heteroatoms. The number of benzene rings is 5. The van der Waals surface area contributed by atoms with Gasteiger partial charge in [0.05, 0.1) is 11.0 Å². The van der Waals surface area contributed by atoms with Crippen molar-refractivity contribution in [2.24, 2.45) is 0 Å². The fourth-order valence-corrected chi connectivity index (χ4v) is 6.05. The first-order valence-corrected chi connectivity index (χ1v) is 15.0. The smallest absolute Gasteiger partial charge is 0.0619 e. The van der Waals surface area contributed by atoms with E-state index < -0.39 is 0 Å². The summed E-state index contributed by atoms with van der Waals surface area (Å²) in [5.74, 6) is 0. The van der Waals surface area contributed by atoms with Gasteiger partial charge < -0.3 is 15.4 Å². The van der Waals surface area contributed by atoms with Crippen LogP contribution in [0.1, 0.15) is 25.0 Å². The molecule has 0 aliphatic rings. The molecule has 0 aliphatic carbocycles. The predicted molar refractivity (Wildman–Crippen MR) is 196 cm³/mol. The van der Waals surface area contributed by atoms with E-state index in [2.05, 4.69) is 134 Å². The molecular formula is C42H35N3. The molecule has 0 atom stereocenters. The number of hydrogen-bond donors (Lipinski definition) is 2. The molecule has 218 valence electrons. The van der Waals surface area contributed by atoms with E-state index in [1.165, 1.54) is 39.5 Å². The summed E-state index contributed by atoms with van der Waals surface area (Å²) in [4.78, 5) is 0. The second-order valence-corrected chi connectivity index (χ2v) is 11.2. The molecule has 1 heterocycles. The maximum atomic E-state index is 7.50. The lowest BCUT2D eigenvalue weighted by atomic mass is 9.96. The Hall–Kier alpha value is -5.80. The van der Waals surface area contributed by atoms with E-state index in [1.54, 1.807) is 18.2 Å². The minimum atomic E-state index is 0.901. The van der Waals surface area contributed by atoms with Crippen molar-refractivity contribution in [3.8, 4) is 16.8 Å². The molecule has 5 aromatic carbocycles. The number of fused-ring (bicyclic) bond motifs is 5. The summed E-state index contributed by atoms with van der Waals surface area (Å²) >= 11 is 0. The van der Waals surface area contributed by atoms with Crippen molar-refractivity contribution in [2.45, 2.75) is 13.8 Å². The lowest BCUT2D eigenvalue weighted by molar-refractivity contribution is 1.18. The molecule has 2 N–H and O–H groups in total. The number of rotatable bonds is 9. The van der Waals surface area contributed by atoms with E-state index >= 15 is 0 Å². The Morgan fingerprint density at radius 3 is 2.18 bits per heavy atom. The Bertz CT molecular complexity index is 2240. The van der Waals surface area contributed by atoms with Gasteiger partial charge in [0.25, 0.3) is 0 Å². The molecule has 0 aliphatic heterocycles. The van der Waals surface area contributed by atoms with Gasteiger partial charge in [0.1, 0.15) is 0 Å². The van der Waals surface area contributed by atoms with Gasteiger partial charge in [0.2, 0.25) is 0 Å².